The fraction of sp³-hybridized carbons (Fsp3) is 0.417. The average Bonchev–Trinajstić information content (AvgIpc) is 2.63. The molecule has 0 bridgehead atoms. The van der Waals surface area contributed by atoms with E-state index in [9.17, 15) is 4.79 Å². The van der Waals surface area contributed by atoms with E-state index in [1.165, 1.54) is 0 Å². The van der Waals surface area contributed by atoms with Crippen LogP contribution < -0.4 is 10.6 Å². The van der Waals surface area contributed by atoms with Crippen molar-refractivity contribution in [1.82, 2.24) is 10.6 Å². The van der Waals surface area contributed by atoms with Gasteiger partial charge >= 0.3 is 0 Å². The van der Waals surface area contributed by atoms with Crippen LogP contribution in [-0.2, 0) is 4.79 Å². The maximum absolute atomic E-state index is 11.1. The zero-order valence-corrected chi connectivity index (χ0v) is 11.0. The van der Waals surface area contributed by atoms with E-state index in [0.717, 1.165) is 5.56 Å². The number of carbonyl (C=O) groups is 1. The summed E-state index contributed by atoms with van der Waals surface area (Å²) in [6.45, 7) is 2.70. The molecule has 1 aliphatic rings. The Morgan fingerprint density at radius 2 is 2.24 bits per heavy atom. The average molecular weight is 273 g/mol. The van der Waals surface area contributed by atoms with Crippen molar-refractivity contribution >= 4 is 29.1 Å². The molecule has 5 heteroatoms. The Balaban J connectivity index is 2.04. The van der Waals surface area contributed by atoms with E-state index in [-0.39, 0.29) is 18.0 Å². The summed E-state index contributed by atoms with van der Waals surface area (Å²) in [5.41, 5.74) is 0.996. The van der Waals surface area contributed by atoms with Crippen molar-refractivity contribution in [2.24, 2.45) is 0 Å². The van der Waals surface area contributed by atoms with Gasteiger partial charge in [0.15, 0.2) is 0 Å². The topological polar surface area (TPSA) is 41.1 Å². The third-order valence-corrected chi connectivity index (χ3v) is 3.45. The van der Waals surface area contributed by atoms with E-state index >= 15 is 0 Å². The highest BCUT2D eigenvalue weighted by atomic mass is 35.5. The minimum atomic E-state index is 0.0944. The first-order chi connectivity index (χ1) is 8.06. The van der Waals surface area contributed by atoms with Crippen LogP contribution in [0.1, 0.15) is 24.9 Å². The highest BCUT2D eigenvalue weighted by molar-refractivity contribution is 6.35. The van der Waals surface area contributed by atoms with Crippen molar-refractivity contribution < 1.29 is 4.79 Å². The van der Waals surface area contributed by atoms with Crippen LogP contribution in [0.5, 0.6) is 0 Å². The van der Waals surface area contributed by atoms with Gasteiger partial charge in [-0.15, -0.1) is 0 Å². The molecule has 0 aliphatic carbocycles. The Bertz CT molecular complexity index is 437. The van der Waals surface area contributed by atoms with E-state index in [1.807, 2.05) is 19.1 Å². The normalized spacial score (nSPS) is 21.4. The van der Waals surface area contributed by atoms with Crippen molar-refractivity contribution in [3.05, 3.63) is 33.8 Å². The molecule has 0 saturated carbocycles. The Morgan fingerprint density at radius 1 is 1.47 bits per heavy atom. The Labute approximate surface area is 110 Å². The standard InChI is InChI=1S/C12H14Cl2N2O/c1-7(16-9-5-12(17)15-6-9)10-3-2-8(13)4-11(10)14/h2-4,7,9,16H,5-6H2,1H3,(H,15,17). The zero-order chi connectivity index (χ0) is 12.4. The summed E-state index contributed by atoms with van der Waals surface area (Å²) >= 11 is 12.0. The van der Waals surface area contributed by atoms with Crippen LogP contribution in [0.25, 0.3) is 0 Å². The quantitative estimate of drug-likeness (QED) is 0.888. The van der Waals surface area contributed by atoms with Crippen LogP contribution in [0.3, 0.4) is 0 Å². The monoisotopic (exact) mass is 272 g/mol. The molecular formula is C12H14Cl2N2O. The lowest BCUT2D eigenvalue weighted by Gasteiger charge is -2.19. The van der Waals surface area contributed by atoms with Crippen LogP contribution in [0.2, 0.25) is 10.0 Å². The first-order valence-electron chi connectivity index (χ1n) is 5.54. The Hall–Kier alpha value is -0.770. The maximum Gasteiger partial charge on any atom is 0.221 e. The van der Waals surface area contributed by atoms with Crippen LogP contribution in [0, 0.1) is 0 Å². The second-order valence-electron chi connectivity index (χ2n) is 4.26. The van der Waals surface area contributed by atoms with Gasteiger partial charge in [-0.1, -0.05) is 29.3 Å². The molecule has 1 aromatic carbocycles. The van der Waals surface area contributed by atoms with Crippen LogP contribution >= 0.6 is 23.2 Å². The number of amides is 1. The fourth-order valence-electron chi connectivity index (χ4n) is 2.02. The second kappa shape index (κ2) is 5.25. The van der Waals surface area contributed by atoms with Crippen molar-refractivity contribution in [2.45, 2.75) is 25.4 Å². The summed E-state index contributed by atoms with van der Waals surface area (Å²) < 4.78 is 0. The van der Waals surface area contributed by atoms with Crippen molar-refractivity contribution in [3.8, 4) is 0 Å². The lowest BCUT2D eigenvalue weighted by molar-refractivity contribution is -0.119. The van der Waals surface area contributed by atoms with Gasteiger partial charge in [-0.05, 0) is 24.6 Å². The van der Waals surface area contributed by atoms with Gasteiger partial charge in [-0.25, -0.2) is 0 Å². The van der Waals surface area contributed by atoms with E-state index in [1.54, 1.807) is 6.07 Å². The highest BCUT2D eigenvalue weighted by Crippen LogP contribution is 2.26. The Morgan fingerprint density at radius 3 is 2.82 bits per heavy atom. The smallest absolute Gasteiger partial charge is 0.221 e. The fourth-order valence-corrected chi connectivity index (χ4v) is 2.59. The van der Waals surface area contributed by atoms with Crippen LogP contribution in [-0.4, -0.2) is 18.5 Å². The number of rotatable bonds is 3. The van der Waals surface area contributed by atoms with E-state index < -0.39 is 0 Å². The molecule has 17 heavy (non-hydrogen) atoms. The van der Waals surface area contributed by atoms with Gasteiger partial charge in [0.1, 0.15) is 0 Å². The summed E-state index contributed by atoms with van der Waals surface area (Å²) in [7, 11) is 0. The molecule has 2 unspecified atom stereocenters. The van der Waals surface area contributed by atoms with Crippen molar-refractivity contribution in [1.29, 1.82) is 0 Å². The molecule has 2 rings (SSSR count). The molecule has 0 aromatic heterocycles. The molecule has 1 saturated heterocycles. The molecule has 92 valence electrons. The van der Waals surface area contributed by atoms with Gasteiger partial charge in [0.2, 0.25) is 5.91 Å². The van der Waals surface area contributed by atoms with Crippen molar-refractivity contribution in [2.75, 3.05) is 6.54 Å². The number of hydrogen-bond donors (Lipinski definition) is 2. The van der Waals surface area contributed by atoms with Gasteiger partial charge in [0, 0.05) is 35.1 Å². The molecule has 1 aliphatic heterocycles. The number of nitrogens with one attached hydrogen (secondary N) is 2. The molecule has 0 spiro atoms. The third kappa shape index (κ3) is 3.12. The number of carbonyl (C=O) groups excluding carboxylic acids is 1. The SMILES string of the molecule is CC(NC1CNC(=O)C1)c1ccc(Cl)cc1Cl. The highest BCUT2D eigenvalue weighted by Gasteiger charge is 2.23. The largest absolute Gasteiger partial charge is 0.354 e. The molecule has 3 nitrogen and oxygen atoms in total. The van der Waals surface area contributed by atoms with Gasteiger partial charge < -0.3 is 10.6 Å². The molecular weight excluding hydrogens is 259 g/mol. The molecule has 1 heterocycles. The number of benzene rings is 1. The predicted molar refractivity (Wildman–Crippen MR) is 69.4 cm³/mol. The molecule has 1 fully saturated rings. The van der Waals surface area contributed by atoms with Crippen LogP contribution in [0.15, 0.2) is 18.2 Å². The van der Waals surface area contributed by atoms with E-state index in [4.69, 9.17) is 23.2 Å². The van der Waals surface area contributed by atoms with Gasteiger partial charge in [-0.3, -0.25) is 4.79 Å². The summed E-state index contributed by atoms with van der Waals surface area (Å²) in [5.74, 6) is 0.0944. The number of halogens is 2. The minimum absolute atomic E-state index is 0.0944. The first kappa shape index (κ1) is 12.7. The maximum atomic E-state index is 11.1. The van der Waals surface area contributed by atoms with E-state index in [0.29, 0.717) is 23.0 Å². The molecule has 0 radical (unpaired) electrons. The second-order valence-corrected chi connectivity index (χ2v) is 5.10. The lowest BCUT2D eigenvalue weighted by atomic mass is 10.1. The van der Waals surface area contributed by atoms with Gasteiger partial charge in [0.25, 0.3) is 0 Å². The lowest BCUT2D eigenvalue weighted by Crippen LogP contribution is -2.33. The van der Waals surface area contributed by atoms with Crippen LogP contribution in [0.4, 0.5) is 0 Å². The number of hydrogen-bond acceptors (Lipinski definition) is 2. The summed E-state index contributed by atoms with van der Waals surface area (Å²) in [6, 6.07) is 5.72. The third-order valence-electron chi connectivity index (χ3n) is 2.89. The minimum Gasteiger partial charge on any atom is -0.354 e. The first-order valence-corrected chi connectivity index (χ1v) is 6.29. The van der Waals surface area contributed by atoms with E-state index in [2.05, 4.69) is 10.6 Å². The summed E-state index contributed by atoms with van der Waals surface area (Å²) in [4.78, 5) is 11.1. The predicted octanol–water partition coefficient (Wildman–Crippen LogP) is 2.53. The summed E-state index contributed by atoms with van der Waals surface area (Å²) in [5, 5.41) is 7.45. The molecule has 1 amide bonds. The zero-order valence-electron chi connectivity index (χ0n) is 9.47. The summed E-state index contributed by atoms with van der Waals surface area (Å²) in [6.07, 6.45) is 0.523. The molecule has 2 atom stereocenters. The van der Waals surface area contributed by atoms with Gasteiger partial charge in [-0.2, -0.15) is 0 Å². The molecule has 1 aromatic rings. The Kier molecular flexibility index (Phi) is 3.92. The van der Waals surface area contributed by atoms with Crippen molar-refractivity contribution in [3.63, 3.8) is 0 Å². The molecule has 2 N–H and O–H groups in total. The van der Waals surface area contributed by atoms with Gasteiger partial charge in [0.05, 0.1) is 0 Å².